The average Bonchev–Trinajstić information content (AvgIpc) is 3.47. The van der Waals surface area contributed by atoms with Crippen LogP contribution in [0.2, 0.25) is 39.1 Å². The van der Waals surface area contributed by atoms with E-state index in [9.17, 15) is 9.59 Å². The van der Waals surface area contributed by atoms with Crippen LogP contribution in [0.25, 0.3) is 0 Å². The highest BCUT2D eigenvalue weighted by Gasteiger charge is 2.50. The van der Waals surface area contributed by atoms with Crippen LogP contribution in [-0.4, -0.2) is 56.9 Å². The zero-order valence-corrected chi connectivity index (χ0v) is 31.7. The number of carbonyl (C=O) groups is 2. The van der Waals surface area contributed by atoms with E-state index < -0.39 is 16.6 Å². The number of nitrogens with one attached hydrogen (secondary N) is 1. The lowest BCUT2D eigenvalue weighted by atomic mass is 10.1. The summed E-state index contributed by atoms with van der Waals surface area (Å²) in [6.45, 7) is 27.5. The van der Waals surface area contributed by atoms with Crippen LogP contribution >= 0.6 is 22.9 Å². The number of nitrogens with zero attached hydrogens (tertiary/aromatic N) is 2. The van der Waals surface area contributed by atoms with E-state index in [1.165, 1.54) is 19.4 Å². The summed E-state index contributed by atoms with van der Waals surface area (Å²) in [6.07, 6.45) is 4.71. The molecule has 0 bridgehead atoms. The van der Waals surface area contributed by atoms with E-state index in [1.807, 2.05) is 0 Å². The summed E-state index contributed by atoms with van der Waals surface area (Å²) in [5.74, 6) is 0.292. The first-order valence-corrected chi connectivity index (χ1v) is 21.8. The fourth-order valence-corrected chi connectivity index (χ4v) is 14.4. The molecule has 1 N–H and O–H groups in total. The highest BCUT2D eigenvalue weighted by molar-refractivity contribution is 7.18. The number of Topliss-reactive ketones (excluding diaryl/α,β-unsaturated/α-hetero) is 1. The Hall–Kier alpha value is -1.44. The van der Waals surface area contributed by atoms with Gasteiger partial charge in [-0.2, -0.15) is 0 Å². The summed E-state index contributed by atoms with van der Waals surface area (Å²) in [5, 5.41) is 3.71. The van der Waals surface area contributed by atoms with Crippen molar-refractivity contribution in [3.05, 3.63) is 38.9 Å². The van der Waals surface area contributed by atoms with Gasteiger partial charge >= 0.3 is 0 Å². The lowest BCUT2D eigenvalue weighted by Crippen LogP contribution is -2.51. The molecule has 2 aromatic rings. The Bertz CT molecular complexity index is 1270. The van der Waals surface area contributed by atoms with E-state index in [0.717, 1.165) is 24.2 Å². The molecule has 0 saturated heterocycles. The fourth-order valence-electron chi connectivity index (χ4n) is 6.38. The Morgan fingerprint density at radius 1 is 1.07 bits per heavy atom. The van der Waals surface area contributed by atoms with E-state index in [-0.39, 0.29) is 34.7 Å². The van der Waals surface area contributed by atoms with Gasteiger partial charge in [0.1, 0.15) is 16.5 Å². The lowest BCUT2D eigenvalue weighted by Gasteiger charge is -2.45. The van der Waals surface area contributed by atoms with Crippen LogP contribution in [0.15, 0.2) is 18.6 Å². The lowest BCUT2D eigenvalue weighted by molar-refractivity contribution is 0.0970. The van der Waals surface area contributed by atoms with Crippen molar-refractivity contribution in [1.82, 2.24) is 9.97 Å². The van der Waals surface area contributed by atoms with Gasteiger partial charge in [-0.3, -0.25) is 9.59 Å². The Kier molecular flexibility index (Phi) is 11.7. The minimum atomic E-state index is -2.14. The highest BCUT2D eigenvalue weighted by Crippen LogP contribution is 2.47. The van der Waals surface area contributed by atoms with Crippen LogP contribution in [-0.2, 0) is 8.85 Å². The number of rotatable bonds is 13. The maximum atomic E-state index is 13.6. The van der Waals surface area contributed by atoms with Gasteiger partial charge in [0.25, 0.3) is 0 Å². The molecule has 3 atom stereocenters. The predicted octanol–water partition coefficient (Wildman–Crippen LogP) is 9.40. The van der Waals surface area contributed by atoms with Crippen LogP contribution in [0.3, 0.4) is 0 Å². The average molecular weight is 666 g/mol. The predicted molar refractivity (Wildman–Crippen MR) is 184 cm³/mol. The molecule has 7 nitrogen and oxygen atoms in total. The summed E-state index contributed by atoms with van der Waals surface area (Å²) in [7, 11) is -4.10. The number of thiophene rings is 1. The van der Waals surface area contributed by atoms with Gasteiger partial charge in [0.05, 0.1) is 16.5 Å². The smallest absolute Gasteiger partial charge is 0.208 e. The molecule has 43 heavy (non-hydrogen) atoms. The molecule has 240 valence electrons. The molecule has 2 aromatic heterocycles. The van der Waals surface area contributed by atoms with Crippen molar-refractivity contribution < 1.29 is 18.4 Å². The minimum Gasteiger partial charge on any atom is -0.416 e. The van der Waals surface area contributed by atoms with Crippen LogP contribution in [0.5, 0.6) is 0 Å². The minimum absolute atomic E-state index is 0.0522. The van der Waals surface area contributed by atoms with Crippen LogP contribution in [0.1, 0.15) is 108 Å². The maximum absolute atomic E-state index is 13.6. The van der Waals surface area contributed by atoms with E-state index in [2.05, 4.69) is 90.7 Å². The molecule has 3 rings (SSSR count). The van der Waals surface area contributed by atoms with E-state index >= 15 is 0 Å². The SMILES string of the molecule is CC(=O)c1cc(C(=O)c2cncnc2N[C@@H]2C[C@H](CO[Si](C)(C)C(C)(C)C)[C@@H](O[Si](C(C)C)(C(C)C)C(C)C)C2)sc1Cl. The van der Waals surface area contributed by atoms with Gasteiger partial charge in [-0.1, -0.05) is 73.9 Å². The molecular weight excluding hydrogens is 614 g/mol. The van der Waals surface area contributed by atoms with Crippen molar-refractivity contribution in [3.8, 4) is 0 Å². The van der Waals surface area contributed by atoms with Gasteiger partial charge in [0.2, 0.25) is 14.1 Å². The Morgan fingerprint density at radius 3 is 2.19 bits per heavy atom. The highest BCUT2D eigenvalue weighted by atomic mass is 35.5. The standard InChI is InChI=1S/C32H52ClN3O4SSi2/c1-19(2)43(20(3)4,21(5)6)40-27-14-24(13-23(27)17-39-42(11,12)32(8,9)10)36-31-26(16-34-18-35-31)29(38)28-15-25(22(7)37)30(33)41-28/h15-16,18-21,23-24,27H,13-14,17H2,1-12H3,(H,34,35,36)/t23-,24-,27+/m1/s1. The number of anilines is 1. The van der Waals surface area contributed by atoms with Gasteiger partial charge < -0.3 is 14.2 Å². The first kappa shape index (κ1) is 36.0. The number of aromatic nitrogens is 2. The Balaban J connectivity index is 1.92. The van der Waals surface area contributed by atoms with Gasteiger partial charge in [0, 0.05) is 30.3 Å². The molecule has 0 amide bonds. The zero-order valence-electron chi connectivity index (χ0n) is 28.1. The third-order valence-corrected chi connectivity index (χ3v) is 21.7. The van der Waals surface area contributed by atoms with E-state index in [0.29, 0.717) is 49.4 Å². The summed E-state index contributed by atoms with van der Waals surface area (Å²) in [6, 6.07) is 1.62. The second-order valence-electron chi connectivity index (χ2n) is 14.6. The molecule has 1 aliphatic rings. The molecule has 0 spiro atoms. The number of hydrogen-bond donors (Lipinski definition) is 1. The first-order chi connectivity index (χ1) is 19.8. The molecule has 0 aliphatic heterocycles. The third kappa shape index (κ3) is 7.87. The molecule has 1 aliphatic carbocycles. The monoisotopic (exact) mass is 665 g/mol. The molecule has 11 heteroatoms. The van der Waals surface area contributed by atoms with E-state index in [4.69, 9.17) is 20.5 Å². The zero-order chi connectivity index (χ0) is 32.5. The second-order valence-corrected chi connectivity index (χ2v) is 26.5. The van der Waals surface area contributed by atoms with Gasteiger partial charge in [-0.25, -0.2) is 9.97 Å². The van der Waals surface area contributed by atoms with Gasteiger partial charge in [-0.15, -0.1) is 11.3 Å². The Morgan fingerprint density at radius 2 is 1.67 bits per heavy atom. The molecule has 1 fully saturated rings. The van der Waals surface area contributed by atoms with Crippen molar-refractivity contribution in [1.29, 1.82) is 0 Å². The van der Waals surface area contributed by atoms with Crippen molar-refractivity contribution >= 4 is 57.0 Å². The van der Waals surface area contributed by atoms with Crippen molar-refractivity contribution in [2.45, 2.75) is 129 Å². The van der Waals surface area contributed by atoms with Gasteiger partial charge in [0.15, 0.2) is 14.1 Å². The van der Waals surface area contributed by atoms with Crippen molar-refractivity contribution in [3.63, 3.8) is 0 Å². The van der Waals surface area contributed by atoms with Crippen molar-refractivity contribution in [2.24, 2.45) is 5.92 Å². The summed E-state index contributed by atoms with van der Waals surface area (Å²) in [5.41, 5.74) is 2.15. The summed E-state index contributed by atoms with van der Waals surface area (Å²) in [4.78, 5) is 34.5. The second kappa shape index (κ2) is 13.9. The molecular formula is C32H52ClN3O4SSi2. The first-order valence-electron chi connectivity index (χ1n) is 15.5. The molecule has 2 heterocycles. The molecule has 0 unspecified atom stereocenters. The van der Waals surface area contributed by atoms with Crippen LogP contribution in [0.4, 0.5) is 5.82 Å². The number of ketones is 2. The van der Waals surface area contributed by atoms with Crippen LogP contribution in [0, 0.1) is 5.92 Å². The fraction of sp³-hybridized carbons (Fsp3) is 0.688. The number of carbonyl (C=O) groups excluding carboxylic acids is 2. The summed E-state index contributed by atoms with van der Waals surface area (Å²) < 4.78 is 14.5. The van der Waals surface area contributed by atoms with Gasteiger partial charge in [-0.05, 0) is 60.6 Å². The number of hydrogen-bond acceptors (Lipinski definition) is 8. The molecule has 1 saturated carbocycles. The molecule has 0 aromatic carbocycles. The topological polar surface area (TPSA) is 90.4 Å². The largest absolute Gasteiger partial charge is 0.416 e. The summed E-state index contributed by atoms with van der Waals surface area (Å²) >= 11 is 7.38. The number of halogens is 1. The van der Waals surface area contributed by atoms with E-state index in [1.54, 1.807) is 6.07 Å². The molecule has 0 radical (unpaired) electrons. The van der Waals surface area contributed by atoms with Crippen LogP contribution < -0.4 is 5.32 Å². The Labute approximate surface area is 270 Å². The third-order valence-electron chi connectivity index (χ3n) is 9.74. The quantitative estimate of drug-likeness (QED) is 0.168. The maximum Gasteiger partial charge on any atom is 0.208 e. The van der Waals surface area contributed by atoms with Crippen molar-refractivity contribution in [2.75, 3.05) is 11.9 Å². The normalized spacial score (nSPS) is 20.0.